The highest BCUT2D eigenvalue weighted by molar-refractivity contribution is 7.80. The van der Waals surface area contributed by atoms with Crippen LogP contribution in [0.25, 0.3) is 0 Å². The van der Waals surface area contributed by atoms with Crippen LogP contribution >= 0.6 is 12.2 Å². The van der Waals surface area contributed by atoms with Gasteiger partial charge in [-0.05, 0) is 29.3 Å². The lowest BCUT2D eigenvalue weighted by Crippen LogP contribution is -2.31. The Bertz CT molecular complexity index is 421. The fourth-order valence-corrected chi connectivity index (χ4v) is 1.47. The molecule has 0 heterocycles. The second-order valence-corrected chi connectivity index (χ2v) is 4.60. The summed E-state index contributed by atoms with van der Waals surface area (Å²) in [6.45, 7) is 8.57. The van der Waals surface area contributed by atoms with Gasteiger partial charge in [-0.3, -0.25) is 5.43 Å². The average molecular weight is 261 g/mol. The predicted octanol–water partition coefficient (Wildman–Crippen LogP) is 2.79. The third kappa shape index (κ3) is 5.10. The fourth-order valence-electron chi connectivity index (χ4n) is 1.34. The minimum Gasteiger partial charge on any atom is -0.358 e. The van der Waals surface area contributed by atoms with Crippen LogP contribution in [-0.2, 0) is 0 Å². The summed E-state index contributed by atoms with van der Waals surface area (Å²) in [5.74, 6) is 0.546. The van der Waals surface area contributed by atoms with Crippen LogP contribution in [0.4, 0.5) is 0 Å². The van der Waals surface area contributed by atoms with Crippen LogP contribution in [0.2, 0.25) is 0 Å². The minimum absolute atomic E-state index is 0.491. The van der Waals surface area contributed by atoms with Crippen molar-refractivity contribution < 1.29 is 0 Å². The van der Waals surface area contributed by atoms with Gasteiger partial charge in [0, 0.05) is 6.54 Å². The van der Waals surface area contributed by atoms with E-state index in [0.29, 0.717) is 17.6 Å². The number of benzene rings is 1. The summed E-state index contributed by atoms with van der Waals surface area (Å²) in [6.07, 6.45) is 3.48. The number of nitrogens with zero attached hydrogens (tertiary/aromatic N) is 1. The molecular weight excluding hydrogens is 242 g/mol. The normalized spacial score (nSPS) is 10.6. The van der Waals surface area contributed by atoms with E-state index in [1.165, 1.54) is 5.56 Å². The van der Waals surface area contributed by atoms with E-state index in [1.54, 1.807) is 12.3 Å². The van der Waals surface area contributed by atoms with Gasteiger partial charge >= 0.3 is 0 Å². The first-order valence-electron chi connectivity index (χ1n) is 5.91. The van der Waals surface area contributed by atoms with Crippen LogP contribution in [0.3, 0.4) is 0 Å². The summed E-state index contributed by atoms with van der Waals surface area (Å²) in [7, 11) is 0. The lowest BCUT2D eigenvalue weighted by atomic mass is 10.0. The van der Waals surface area contributed by atoms with Crippen molar-refractivity contribution in [3.05, 3.63) is 48.0 Å². The fraction of sp³-hybridized carbons (Fsp3) is 0.286. The molecule has 96 valence electrons. The quantitative estimate of drug-likeness (QED) is 0.370. The summed E-state index contributed by atoms with van der Waals surface area (Å²) in [4.78, 5) is 0. The van der Waals surface area contributed by atoms with Crippen molar-refractivity contribution in [1.29, 1.82) is 0 Å². The Kier molecular flexibility index (Phi) is 6.08. The first-order chi connectivity index (χ1) is 8.63. The molecule has 1 aromatic rings. The van der Waals surface area contributed by atoms with E-state index in [4.69, 9.17) is 12.2 Å². The molecule has 3 nitrogen and oxygen atoms in total. The summed E-state index contributed by atoms with van der Waals surface area (Å²) in [5, 5.41) is 7.48. The molecule has 0 fully saturated rings. The lowest BCUT2D eigenvalue weighted by Gasteiger charge is -2.05. The van der Waals surface area contributed by atoms with E-state index in [9.17, 15) is 0 Å². The molecule has 0 aliphatic rings. The maximum Gasteiger partial charge on any atom is 0.187 e. The van der Waals surface area contributed by atoms with E-state index in [2.05, 4.69) is 48.4 Å². The Morgan fingerprint density at radius 1 is 1.39 bits per heavy atom. The van der Waals surface area contributed by atoms with Gasteiger partial charge in [0.05, 0.1) is 6.21 Å². The number of hydrazone groups is 1. The van der Waals surface area contributed by atoms with Crippen molar-refractivity contribution in [2.24, 2.45) is 5.10 Å². The SMILES string of the molecule is C=CCNC(=S)N/N=C/c1ccc(C(C)C)cc1. The summed E-state index contributed by atoms with van der Waals surface area (Å²) in [6, 6.07) is 8.31. The number of rotatable bonds is 5. The minimum atomic E-state index is 0.491. The number of hydrogen-bond acceptors (Lipinski definition) is 2. The highest BCUT2D eigenvalue weighted by Gasteiger charge is 1.97. The maximum absolute atomic E-state index is 5.01. The third-order valence-corrected chi connectivity index (χ3v) is 2.63. The molecule has 0 amide bonds. The Hall–Kier alpha value is -1.68. The van der Waals surface area contributed by atoms with E-state index < -0.39 is 0 Å². The van der Waals surface area contributed by atoms with Crippen molar-refractivity contribution in [2.75, 3.05) is 6.54 Å². The molecule has 0 aromatic heterocycles. The molecule has 0 saturated heterocycles. The van der Waals surface area contributed by atoms with Crippen molar-refractivity contribution in [3.8, 4) is 0 Å². The number of nitrogens with one attached hydrogen (secondary N) is 2. The zero-order chi connectivity index (χ0) is 13.4. The van der Waals surface area contributed by atoms with Crippen molar-refractivity contribution in [2.45, 2.75) is 19.8 Å². The standard InChI is InChI=1S/C14H19N3S/c1-4-9-15-14(18)17-16-10-12-5-7-13(8-6-12)11(2)3/h4-8,10-11H,1,9H2,2-3H3,(H2,15,17,18)/b16-10+. The van der Waals surface area contributed by atoms with Gasteiger partial charge in [-0.1, -0.05) is 44.2 Å². The van der Waals surface area contributed by atoms with Crippen molar-refractivity contribution in [3.63, 3.8) is 0 Å². The number of thiocarbonyl (C=S) groups is 1. The van der Waals surface area contributed by atoms with Gasteiger partial charge in [-0.15, -0.1) is 6.58 Å². The van der Waals surface area contributed by atoms with E-state index in [-0.39, 0.29) is 0 Å². The molecule has 2 N–H and O–H groups in total. The van der Waals surface area contributed by atoms with Crippen LogP contribution in [0.15, 0.2) is 42.0 Å². The summed E-state index contributed by atoms with van der Waals surface area (Å²) < 4.78 is 0. The Morgan fingerprint density at radius 3 is 2.61 bits per heavy atom. The van der Waals surface area contributed by atoms with Crippen LogP contribution in [0, 0.1) is 0 Å². The van der Waals surface area contributed by atoms with E-state index in [1.807, 2.05) is 12.1 Å². The molecular formula is C14H19N3S. The topological polar surface area (TPSA) is 36.4 Å². The highest BCUT2D eigenvalue weighted by atomic mass is 32.1. The van der Waals surface area contributed by atoms with Gasteiger partial charge in [-0.25, -0.2) is 0 Å². The van der Waals surface area contributed by atoms with Crippen molar-refractivity contribution >= 4 is 23.5 Å². The van der Waals surface area contributed by atoms with Gasteiger partial charge in [0.15, 0.2) is 5.11 Å². The predicted molar refractivity (Wildman–Crippen MR) is 82.1 cm³/mol. The Balaban J connectivity index is 2.46. The first kappa shape index (κ1) is 14.4. The molecule has 1 aromatic carbocycles. The second-order valence-electron chi connectivity index (χ2n) is 4.19. The maximum atomic E-state index is 5.01. The highest BCUT2D eigenvalue weighted by Crippen LogP contribution is 2.13. The largest absolute Gasteiger partial charge is 0.358 e. The van der Waals surface area contributed by atoms with Crippen LogP contribution in [0.1, 0.15) is 30.9 Å². The zero-order valence-electron chi connectivity index (χ0n) is 10.8. The van der Waals surface area contributed by atoms with Gasteiger partial charge in [0.2, 0.25) is 0 Å². The summed E-state index contributed by atoms with van der Waals surface area (Å²) >= 11 is 5.01. The molecule has 0 unspecified atom stereocenters. The van der Waals surface area contributed by atoms with Crippen LogP contribution < -0.4 is 10.7 Å². The van der Waals surface area contributed by atoms with E-state index >= 15 is 0 Å². The lowest BCUT2D eigenvalue weighted by molar-refractivity contribution is 0.866. The van der Waals surface area contributed by atoms with E-state index in [0.717, 1.165) is 5.56 Å². The number of hydrogen-bond donors (Lipinski definition) is 2. The van der Waals surface area contributed by atoms with Crippen molar-refractivity contribution in [1.82, 2.24) is 10.7 Å². The van der Waals surface area contributed by atoms with Gasteiger partial charge < -0.3 is 5.32 Å². The van der Waals surface area contributed by atoms with Gasteiger partial charge in [0.25, 0.3) is 0 Å². The Labute approximate surface area is 114 Å². The van der Waals surface area contributed by atoms with Crippen LogP contribution in [0.5, 0.6) is 0 Å². The molecule has 0 atom stereocenters. The zero-order valence-corrected chi connectivity index (χ0v) is 11.6. The summed E-state index contributed by atoms with van der Waals surface area (Å²) in [5.41, 5.74) is 5.11. The molecule has 0 spiro atoms. The van der Waals surface area contributed by atoms with Crippen LogP contribution in [-0.4, -0.2) is 17.9 Å². The molecule has 0 saturated carbocycles. The van der Waals surface area contributed by atoms with Gasteiger partial charge in [-0.2, -0.15) is 5.10 Å². The van der Waals surface area contributed by atoms with Gasteiger partial charge in [0.1, 0.15) is 0 Å². The Morgan fingerprint density at radius 2 is 2.06 bits per heavy atom. The first-order valence-corrected chi connectivity index (χ1v) is 6.32. The third-order valence-electron chi connectivity index (χ3n) is 2.39. The smallest absolute Gasteiger partial charge is 0.187 e. The molecule has 1 rings (SSSR count). The molecule has 18 heavy (non-hydrogen) atoms. The molecule has 0 bridgehead atoms. The monoisotopic (exact) mass is 261 g/mol. The molecule has 0 aliphatic heterocycles. The molecule has 0 radical (unpaired) electrons. The molecule has 4 heteroatoms. The average Bonchev–Trinajstić information content (AvgIpc) is 2.37. The second kappa shape index (κ2) is 7.61. The molecule has 0 aliphatic carbocycles.